The molecule has 106 valence electrons. The molecule has 0 fully saturated rings. The van der Waals surface area contributed by atoms with E-state index in [1.54, 1.807) is 24.3 Å². The number of hydrogen-bond acceptors (Lipinski definition) is 4. The maximum absolute atomic E-state index is 12.2. The highest BCUT2D eigenvalue weighted by Gasteiger charge is 2.15. The molecule has 2 N–H and O–H groups in total. The van der Waals surface area contributed by atoms with Crippen molar-refractivity contribution >= 4 is 38.9 Å². The van der Waals surface area contributed by atoms with Crippen molar-refractivity contribution in [1.29, 1.82) is 0 Å². The van der Waals surface area contributed by atoms with Crippen LogP contribution < -0.4 is 5.56 Å². The molecule has 21 heavy (non-hydrogen) atoms. The summed E-state index contributed by atoms with van der Waals surface area (Å²) < 4.78 is 0.915. The van der Waals surface area contributed by atoms with E-state index in [1.807, 2.05) is 12.1 Å². The Morgan fingerprint density at radius 1 is 1.29 bits per heavy atom. The van der Waals surface area contributed by atoms with E-state index in [2.05, 4.69) is 25.9 Å². The molecule has 4 nitrogen and oxygen atoms in total. The van der Waals surface area contributed by atoms with Crippen molar-refractivity contribution < 1.29 is 5.11 Å². The van der Waals surface area contributed by atoms with Gasteiger partial charge in [-0.1, -0.05) is 23.7 Å². The summed E-state index contributed by atoms with van der Waals surface area (Å²) in [4.78, 5) is 19.8. The summed E-state index contributed by atoms with van der Waals surface area (Å²) in [5.41, 5.74) is 0.217. The molecule has 2 heterocycles. The monoisotopic (exact) mass is 382 g/mol. The van der Waals surface area contributed by atoms with Gasteiger partial charge in [-0.25, -0.2) is 0 Å². The van der Waals surface area contributed by atoms with E-state index in [4.69, 9.17) is 11.6 Å². The number of nitrogens with one attached hydrogen (secondary N) is 1. The first-order valence-electron chi connectivity index (χ1n) is 5.89. The van der Waals surface area contributed by atoms with E-state index in [0.717, 1.165) is 8.66 Å². The maximum Gasteiger partial charge on any atom is 0.262 e. The minimum Gasteiger partial charge on any atom is -0.493 e. The molecule has 1 aromatic carbocycles. The summed E-state index contributed by atoms with van der Waals surface area (Å²) in [6.45, 7) is 0. The normalized spacial score (nSPS) is 10.8. The molecule has 0 atom stereocenters. The van der Waals surface area contributed by atoms with E-state index in [9.17, 15) is 9.90 Å². The Kier molecular flexibility index (Phi) is 3.84. The SMILES string of the molecule is O=c1[nH]c(-c2ccc(Br)s2)nc(O)c1-c1cccc(Cl)c1. The van der Waals surface area contributed by atoms with E-state index in [0.29, 0.717) is 16.4 Å². The lowest BCUT2D eigenvalue weighted by atomic mass is 10.1. The molecule has 0 aliphatic heterocycles. The minimum absolute atomic E-state index is 0.108. The molecule has 0 aliphatic rings. The fourth-order valence-corrected chi connectivity index (χ4v) is 3.45. The Morgan fingerprint density at radius 2 is 2.10 bits per heavy atom. The number of H-pyrrole nitrogens is 1. The van der Waals surface area contributed by atoms with Crippen molar-refractivity contribution in [2.75, 3.05) is 0 Å². The van der Waals surface area contributed by atoms with E-state index in [1.165, 1.54) is 11.3 Å². The second kappa shape index (κ2) is 5.63. The Hall–Kier alpha value is -1.63. The van der Waals surface area contributed by atoms with Crippen LogP contribution in [0.25, 0.3) is 21.8 Å². The number of hydrogen-bond donors (Lipinski definition) is 2. The van der Waals surface area contributed by atoms with Gasteiger partial charge in [0.25, 0.3) is 5.56 Å². The molecule has 3 rings (SSSR count). The van der Waals surface area contributed by atoms with Gasteiger partial charge in [-0.3, -0.25) is 4.79 Å². The van der Waals surface area contributed by atoms with Gasteiger partial charge in [0.15, 0.2) is 5.82 Å². The quantitative estimate of drug-likeness (QED) is 0.694. The molecule has 0 spiro atoms. The van der Waals surface area contributed by atoms with Gasteiger partial charge in [-0.2, -0.15) is 4.98 Å². The average molecular weight is 384 g/mol. The molecule has 0 saturated carbocycles. The predicted octanol–water partition coefficient (Wildman–Crippen LogP) is 4.29. The fraction of sp³-hybridized carbons (Fsp3) is 0. The number of aromatic hydroxyl groups is 1. The lowest BCUT2D eigenvalue weighted by Gasteiger charge is -2.05. The van der Waals surface area contributed by atoms with Crippen molar-refractivity contribution in [3.63, 3.8) is 0 Å². The van der Waals surface area contributed by atoms with Crippen LogP contribution in [-0.4, -0.2) is 15.1 Å². The van der Waals surface area contributed by atoms with Crippen LogP contribution in [0, 0.1) is 0 Å². The van der Waals surface area contributed by atoms with Crippen molar-refractivity contribution in [3.05, 3.63) is 55.6 Å². The molecular formula is C14H8BrClN2O2S. The smallest absolute Gasteiger partial charge is 0.262 e. The van der Waals surface area contributed by atoms with Gasteiger partial charge in [0.2, 0.25) is 5.88 Å². The standard InChI is InChI=1S/C14H8BrClN2O2S/c15-10-5-4-9(21-10)12-17-13(19)11(14(20)18-12)7-2-1-3-8(16)6-7/h1-6H,(H2,17,18,19,20). The summed E-state index contributed by atoms with van der Waals surface area (Å²) in [5.74, 6) is 0.0134. The van der Waals surface area contributed by atoms with Gasteiger partial charge in [-0.05, 0) is 45.8 Å². The summed E-state index contributed by atoms with van der Waals surface area (Å²) in [6.07, 6.45) is 0. The second-order valence-electron chi connectivity index (χ2n) is 4.23. The lowest BCUT2D eigenvalue weighted by molar-refractivity contribution is 0.454. The van der Waals surface area contributed by atoms with Crippen molar-refractivity contribution in [2.45, 2.75) is 0 Å². The van der Waals surface area contributed by atoms with Gasteiger partial charge in [0.1, 0.15) is 5.56 Å². The zero-order valence-electron chi connectivity index (χ0n) is 10.4. The highest BCUT2D eigenvalue weighted by molar-refractivity contribution is 9.11. The molecule has 3 aromatic rings. The first-order valence-corrected chi connectivity index (χ1v) is 7.88. The van der Waals surface area contributed by atoms with Crippen molar-refractivity contribution in [1.82, 2.24) is 9.97 Å². The summed E-state index contributed by atoms with van der Waals surface area (Å²) in [7, 11) is 0. The van der Waals surface area contributed by atoms with Crippen molar-refractivity contribution in [2.24, 2.45) is 0 Å². The number of aromatic nitrogens is 2. The highest BCUT2D eigenvalue weighted by atomic mass is 79.9. The third kappa shape index (κ3) is 2.88. The van der Waals surface area contributed by atoms with Crippen LogP contribution in [0.2, 0.25) is 5.02 Å². The molecular weight excluding hydrogens is 376 g/mol. The minimum atomic E-state index is -0.413. The van der Waals surface area contributed by atoms with Gasteiger partial charge >= 0.3 is 0 Å². The zero-order valence-corrected chi connectivity index (χ0v) is 13.6. The largest absolute Gasteiger partial charge is 0.493 e. The molecule has 2 aromatic heterocycles. The molecule has 0 radical (unpaired) electrons. The van der Waals surface area contributed by atoms with Crippen LogP contribution in [-0.2, 0) is 0 Å². The van der Waals surface area contributed by atoms with Crippen LogP contribution in [0.1, 0.15) is 0 Å². The maximum atomic E-state index is 12.2. The Balaban J connectivity index is 2.15. The van der Waals surface area contributed by atoms with Crippen LogP contribution in [0.5, 0.6) is 5.88 Å². The molecule has 7 heteroatoms. The number of thiophene rings is 1. The van der Waals surface area contributed by atoms with Crippen LogP contribution >= 0.6 is 38.9 Å². The third-order valence-corrected chi connectivity index (χ3v) is 4.69. The molecule has 0 bridgehead atoms. The van der Waals surface area contributed by atoms with E-state index >= 15 is 0 Å². The van der Waals surface area contributed by atoms with Gasteiger partial charge in [0, 0.05) is 5.02 Å². The van der Waals surface area contributed by atoms with Gasteiger partial charge < -0.3 is 10.1 Å². The summed E-state index contributed by atoms with van der Waals surface area (Å²) in [6, 6.07) is 10.4. The first-order chi connectivity index (χ1) is 10.0. The number of rotatable bonds is 2. The second-order valence-corrected chi connectivity index (χ2v) is 7.13. The molecule has 0 amide bonds. The Labute approximate surface area is 137 Å². The van der Waals surface area contributed by atoms with Gasteiger partial charge in [0.05, 0.1) is 8.66 Å². The first kappa shape index (κ1) is 14.3. The molecule has 0 saturated heterocycles. The number of aromatic amines is 1. The molecule has 0 unspecified atom stereocenters. The molecule has 0 aliphatic carbocycles. The van der Waals surface area contributed by atoms with Crippen molar-refractivity contribution in [3.8, 4) is 27.7 Å². The number of benzene rings is 1. The highest BCUT2D eigenvalue weighted by Crippen LogP contribution is 2.31. The van der Waals surface area contributed by atoms with Crippen LogP contribution in [0.15, 0.2) is 45.0 Å². The average Bonchev–Trinajstić information content (AvgIpc) is 2.85. The van der Waals surface area contributed by atoms with Gasteiger partial charge in [-0.15, -0.1) is 11.3 Å². The Morgan fingerprint density at radius 3 is 2.71 bits per heavy atom. The summed E-state index contributed by atoms with van der Waals surface area (Å²) >= 11 is 10.7. The number of nitrogens with zero attached hydrogens (tertiary/aromatic N) is 1. The topological polar surface area (TPSA) is 66.0 Å². The van der Waals surface area contributed by atoms with Crippen LogP contribution in [0.3, 0.4) is 0 Å². The zero-order chi connectivity index (χ0) is 15.0. The van der Waals surface area contributed by atoms with E-state index in [-0.39, 0.29) is 11.4 Å². The Bertz CT molecular complexity index is 875. The lowest BCUT2D eigenvalue weighted by Crippen LogP contribution is -2.11. The summed E-state index contributed by atoms with van der Waals surface area (Å²) in [5, 5.41) is 10.6. The third-order valence-electron chi connectivity index (χ3n) is 2.82. The number of halogens is 2. The fourth-order valence-electron chi connectivity index (χ4n) is 1.92. The van der Waals surface area contributed by atoms with Crippen LogP contribution in [0.4, 0.5) is 0 Å². The van der Waals surface area contributed by atoms with E-state index < -0.39 is 5.56 Å². The predicted molar refractivity (Wildman–Crippen MR) is 88.0 cm³/mol.